The SMILES string of the molecule is Cc1cc(N/C=C2/C(=O)Nc3cc(F)ccc32)n[nH]1. The number of anilines is 2. The van der Waals surface area contributed by atoms with Crippen molar-refractivity contribution in [2.24, 2.45) is 0 Å². The molecule has 3 N–H and O–H groups in total. The number of aromatic amines is 1. The maximum absolute atomic E-state index is 13.1. The van der Waals surface area contributed by atoms with Crippen LogP contribution < -0.4 is 10.6 Å². The molecule has 0 bridgehead atoms. The number of aromatic nitrogens is 2. The second-order valence-corrected chi connectivity index (χ2v) is 4.28. The van der Waals surface area contributed by atoms with E-state index in [0.29, 0.717) is 22.6 Å². The maximum Gasteiger partial charge on any atom is 0.257 e. The minimum atomic E-state index is -0.379. The number of amides is 1. The van der Waals surface area contributed by atoms with Crippen LogP contribution in [0.3, 0.4) is 0 Å². The van der Waals surface area contributed by atoms with Crippen LogP contribution in [0.15, 0.2) is 30.5 Å². The molecule has 96 valence electrons. The van der Waals surface area contributed by atoms with Crippen LogP contribution >= 0.6 is 0 Å². The fraction of sp³-hybridized carbons (Fsp3) is 0.0769. The van der Waals surface area contributed by atoms with Gasteiger partial charge in [-0.1, -0.05) is 0 Å². The van der Waals surface area contributed by atoms with Crippen molar-refractivity contribution in [1.29, 1.82) is 0 Å². The Hall–Kier alpha value is -2.63. The van der Waals surface area contributed by atoms with Crippen LogP contribution in [0.1, 0.15) is 11.3 Å². The number of nitrogens with zero attached hydrogens (tertiary/aromatic N) is 1. The summed E-state index contributed by atoms with van der Waals surface area (Å²) >= 11 is 0. The Morgan fingerprint density at radius 1 is 1.37 bits per heavy atom. The van der Waals surface area contributed by atoms with Crippen molar-refractivity contribution in [3.8, 4) is 0 Å². The summed E-state index contributed by atoms with van der Waals surface area (Å²) in [6.45, 7) is 1.88. The van der Waals surface area contributed by atoms with Crippen LogP contribution in [0.2, 0.25) is 0 Å². The van der Waals surface area contributed by atoms with Gasteiger partial charge in [0.1, 0.15) is 5.82 Å². The van der Waals surface area contributed by atoms with Crippen molar-refractivity contribution < 1.29 is 9.18 Å². The van der Waals surface area contributed by atoms with Crippen LogP contribution in [0.4, 0.5) is 15.9 Å². The number of halogens is 1. The van der Waals surface area contributed by atoms with E-state index in [0.717, 1.165) is 5.69 Å². The van der Waals surface area contributed by atoms with Crippen molar-refractivity contribution in [1.82, 2.24) is 10.2 Å². The van der Waals surface area contributed by atoms with Gasteiger partial charge in [0.05, 0.1) is 11.3 Å². The first kappa shape index (κ1) is 11.5. The first-order valence-electron chi connectivity index (χ1n) is 5.73. The number of hydrogen-bond acceptors (Lipinski definition) is 3. The minimum Gasteiger partial charge on any atom is -0.344 e. The highest BCUT2D eigenvalue weighted by atomic mass is 19.1. The normalized spacial score (nSPS) is 15.5. The Morgan fingerprint density at radius 2 is 2.21 bits per heavy atom. The average molecular weight is 258 g/mol. The summed E-state index contributed by atoms with van der Waals surface area (Å²) in [4.78, 5) is 11.8. The molecule has 0 unspecified atom stereocenters. The summed E-state index contributed by atoms with van der Waals surface area (Å²) in [7, 11) is 0. The highest BCUT2D eigenvalue weighted by Crippen LogP contribution is 2.31. The van der Waals surface area contributed by atoms with Gasteiger partial charge in [-0.15, -0.1) is 0 Å². The molecule has 3 rings (SSSR count). The van der Waals surface area contributed by atoms with E-state index in [1.807, 2.05) is 13.0 Å². The smallest absolute Gasteiger partial charge is 0.257 e. The lowest BCUT2D eigenvalue weighted by molar-refractivity contribution is -0.110. The van der Waals surface area contributed by atoms with Gasteiger partial charge in [0, 0.05) is 23.5 Å². The van der Waals surface area contributed by atoms with Gasteiger partial charge >= 0.3 is 0 Å². The highest BCUT2D eigenvalue weighted by molar-refractivity contribution is 6.31. The third kappa shape index (κ3) is 2.08. The molecule has 0 saturated heterocycles. The van der Waals surface area contributed by atoms with Crippen LogP contribution in [0.5, 0.6) is 0 Å². The second-order valence-electron chi connectivity index (χ2n) is 4.28. The molecular formula is C13H11FN4O. The predicted molar refractivity (Wildman–Crippen MR) is 70.0 cm³/mol. The van der Waals surface area contributed by atoms with E-state index in [1.54, 1.807) is 12.3 Å². The van der Waals surface area contributed by atoms with Gasteiger partial charge < -0.3 is 10.6 Å². The molecule has 0 saturated carbocycles. The Kier molecular flexibility index (Phi) is 2.56. The Morgan fingerprint density at radius 3 is 2.95 bits per heavy atom. The lowest BCUT2D eigenvalue weighted by Gasteiger charge is -1.99. The van der Waals surface area contributed by atoms with Crippen molar-refractivity contribution in [3.63, 3.8) is 0 Å². The number of rotatable bonds is 2. The number of carbonyl (C=O) groups is 1. The van der Waals surface area contributed by atoms with Crippen LogP contribution in [0.25, 0.3) is 5.57 Å². The molecule has 0 atom stereocenters. The second kappa shape index (κ2) is 4.24. The summed E-state index contributed by atoms with van der Waals surface area (Å²) in [5, 5.41) is 12.3. The zero-order valence-corrected chi connectivity index (χ0v) is 10.1. The number of benzene rings is 1. The molecular weight excluding hydrogens is 247 g/mol. The standard InChI is InChI=1S/C13H11FN4O/c1-7-4-12(18-17-7)15-6-10-9-3-2-8(14)5-11(9)16-13(10)19/h2-6H,1H3,(H,16,19)(H2,15,17,18)/b10-6+. The summed E-state index contributed by atoms with van der Waals surface area (Å²) < 4.78 is 13.1. The minimum absolute atomic E-state index is 0.264. The fourth-order valence-corrected chi connectivity index (χ4v) is 1.95. The molecule has 2 aromatic rings. The molecule has 1 amide bonds. The van der Waals surface area contributed by atoms with E-state index < -0.39 is 0 Å². The van der Waals surface area contributed by atoms with Gasteiger partial charge in [0.15, 0.2) is 5.82 Å². The number of H-pyrrole nitrogens is 1. The first-order valence-corrected chi connectivity index (χ1v) is 5.73. The van der Waals surface area contributed by atoms with Crippen LogP contribution in [0, 0.1) is 12.7 Å². The first-order chi connectivity index (χ1) is 9.13. The lowest BCUT2D eigenvalue weighted by Crippen LogP contribution is -2.05. The number of fused-ring (bicyclic) bond motifs is 1. The van der Waals surface area contributed by atoms with Gasteiger partial charge in [-0.3, -0.25) is 9.89 Å². The molecule has 0 aliphatic carbocycles. The third-order valence-corrected chi connectivity index (χ3v) is 2.83. The molecule has 0 spiro atoms. The van der Waals surface area contributed by atoms with Gasteiger partial charge in [-0.2, -0.15) is 5.10 Å². The van der Waals surface area contributed by atoms with E-state index in [-0.39, 0.29) is 11.7 Å². The van der Waals surface area contributed by atoms with E-state index in [1.165, 1.54) is 12.1 Å². The van der Waals surface area contributed by atoms with Crippen LogP contribution in [-0.4, -0.2) is 16.1 Å². The molecule has 0 fully saturated rings. The monoisotopic (exact) mass is 258 g/mol. The molecule has 2 heterocycles. The fourth-order valence-electron chi connectivity index (χ4n) is 1.95. The van der Waals surface area contributed by atoms with E-state index in [2.05, 4.69) is 20.8 Å². The van der Waals surface area contributed by atoms with Gasteiger partial charge in [-0.05, 0) is 25.1 Å². The van der Waals surface area contributed by atoms with Crippen molar-refractivity contribution in [2.75, 3.05) is 10.6 Å². The quantitative estimate of drug-likeness (QED) is 0.724. The third-order valence-electron chi connectivity index (χ3n) is 2.83. The molecule has 1 aliphatic rings. The molecule has 1 aromatic heterocycles. The Labute approximate surface area is 108 Å². The number of aryl methyl sites for hydroxylation is 1. The van der Waals surface area contributed by atoms with Crippen molar-refractivity contribution in [2.45, 2.75) is 6.92 Å². The van der Waals surface area contributed by atoms with E-state index in [4.69, 9.17) is 0 Å². The number of hydrogen-bond donors (Lipinski definition) is 3. The molecule has 19 heavy (non-hydrogen) atoms. The molecule has 0 radical (unpaired) electrons. The summed E-state index contributed by atoms with van der Waals surface area (Å²) in [5.74, 6) is -0.0232. The van der Waals surface area contributed by atoms with Gasteiger partial charge in [0.2, 0.25) is 0 Å². The molecule has 5 nitrogen and oxygen atoms in total. The zero-order chi connectivity index (χ0) is 13.4. The van der Waals surface area contributed by atoms with Gasteiger partial charge in [-0.25, -0.2) is 4.39 Å². The van der Waals surface area contributed by atoms with E-state index >= 15 is 0 Å². The van der Waals surface area contributed by atoms with Crippen LogP contribution in [-0.2, 0) is 4.79 Å². The summed E-state index contributed by atoms with van der Waals surface area (Å²) in [5.41, 5.74) is 2.53. The van der Waals surface area contributed by atoms with Crippen molar-refractivity contribution in [3.05, 3.63) is 47.5 Å². The van der Waals surface area contributed by atoms with Crippen molar-refractivity contribution >= 4 is 23.0 Å². The zero-order valence-electron chi connectivity index (χ0n) is 10.1. The molecule has 6 heteroatoms. The maximum atomic E-state index is 13.1. The number of carbonyl (C=O) groups excluding carboxylic acids is 1. The van der Waals surface area contributed by atoms with Gasteiger partial charge in [0.25, 0.3) is 5.91 Å². The Balaban J connectivity index is 1.91. The Bertz CT molecular complexity index is 690. The summed E-state index contributed by atoms with van der Waals surface area (Å²) in [6.07, 6.45) is 1.56. The topological polar surface area (TPSA) is 69.8 Å². The molecule has 1 aliphatic heterocycles. The molecule has 1 aromatic carbocycles. The number of nitrogens with one attached hydrogen (secondary N) is 3. The van der Waals surface area contributed by atoms with E-state index in [9.17, 15) is 9.18 Å². The predicted octanol–water partition coefficient (Wildman–Crippen LogP) is 2.26. The lowest BCUT2D eigenvalue weighted by atomic mass is 10.1. The average Bonchev–Trinajstić information content (AvgIpc) is 2.89. The highest BCUT2D eigenvalue weighted by Gasteiger charge is 2.24. The summed E-state index contributed by atoms with van der Waals surface area (Å²) in [6, 6.07) is 6.01. The largest absolute Gasteiger partial charge is 0.344 e.